The molecule has 0 radical (unpaired) electrons. The van der Waals surface area contributed by atoms with Gasteiger partial charge in [-0.25, -0.2) is 4.98 Å². The van der Waals surface area contributed by atoms with Gasteiger partial charge in [-0.1, -0.05) is 30.3 Å². The van der Waals surface area contributed by atoms with E-state index in [0.717, 1.165) is 38.5 Å². The molecule has 0 atom stereocenters. The predicted molar refractivity (Wildman–Crippen MR) is 101 cm³/mol. The van der Waals surface area contributed by atoms with Gasteiger partial charge in [-0.3, -0.25) is 4.79 Å². The van der Waals surface area contributed by atoms with Crippen molar-refractivity contribution in [2.75, 3.05) is 37.6 Å². The minimum absolute atomic E-state index is 0.234. The molecule has 5 nitrogen and oxygen atoms in total. The summed E-state index contributed by atoms with van der Waals surface area (Å²) in [5, 5.41) is 3.38. The van der Waals surface area contributed by atoms with E-state index in [4.69, 9.17) is 0 Å². The quantitative estimate of drug-likeness (QED) is 0.821. The molecule has 0 bridgehead atoms. The molecule has 1 aromatic heterocycles. The predicted octanol–water partition coefficient (Wildman–Crippen LogP) is 2.22. The lowest BCUT2D eigenvalue weighted by Gasteiger charge is -2.35. The average Bonchev–Trinajstić information content (AvgIpc) is 2.67. The molecule has 3 rings (SSSR count). The molecule has 2 heterocycles. The van der Waals surface area contributed by atoms with E-state index in [0.29, 0.717) is 13.0 Å². The van der Waals surface area contributed by atoms with E-state index in [1.807, 2.05) is 35.4 Å². The minimum atomic E-state index is 0.234. The van der Waals surface area contributed by atoms with Crippen molar-refractivity contribution in [2.45, 2.75) is 19.9 Å². The smallest absolute Gasteiger partial charge is 0.223 e. The van der Waals surface area contributed by atoms with Crippen LogP contribution in [-0.4, -0.2) is 48.5 Å². The van der Waals surface area contributed by atoms with Crippen LogP contribution in [0.25, 0.3) is 0 Å². The Kier molecular flexibility index (Phi) is 6.01. The van der Waals surface area contributed by atoms with E-state index in [-0.39, 0.29) is 5.91 Å². The van der Waals surface area contributed by atoms with Crippen molar-refractivity contribution in [3.63, 3.8) is 0 Å². The number of amides is 1. The van der Waals surface area contributed by atoms with Crippen molar-refractivity contribution in [1.29, 1.82) is 0 Å². The molecular formula is C20H26N4O. The van der Waals surface area contributed by atoms with E-state index in [1.165, 1.54) is 11.1 Å². The Bertz CT molecular complexity index is 681. The van der Waals surface area contributed by atoms with Crippen LogP contribution in [0.15, 0.2) is 48.7 Å². The van der Waals surface area contributed by atoms with Crippen LogP contribution in [-0.2, 0) is 11.3 Å². The number of benzene rings is 1. The molecule has 1 fully saturated rings. The second kappa shape index (κ2) is 8.62. The van der Waals surface area contributed by atoms with Gasteiger partial charge >= 0.3 is 0 Å². The fourth-order valence-corrected chi connectivity index (χ4v) is 3.11. The highest BCUT2D eigenvalue weighted by molar-refractivity contribution is 5.76. The van der Waals surface area contributed by atoms with Gasteiger partial charge in [-0.05, 0) is 30.2 Å². The number of anilines is 1. The molecule has 2 aromatic rings. The van der Waals surface area contributed by atoms with Gasteiger partial charge < -0.3 is 15.1 Å². The number of nitrogens with one attached hydrogen (secondary N) is 1. The minimum Gasteiger partial charge on any atom is -0.353 e. The van der Waals surface area contributed by atoms with Crippen LogP contribution in [0.1, 0.15) is 17.5 Å². The molecule has 0 aliphatic carbocycles. The van der Waals surface area contributed by atoms with E-state index in [1.54, 1.807) is 0 Å². The van der Waals surface area contributed by atoms with Crippen LogP contribution >= 0.6 is 0 Å². The number of hydrogen-bond acceptors (Lipinski definition) is 4. The topological polar surface area (TPSA) is 48.5 Å². The first-order chi connectivity index (χ1) is 12.2. The SMILES string of the molecule is Cc1ccccc1CNCCC(=O)N1CCN(c2ccccn2)CC1. The molecule has 1 aliphatic rings. The summed E-state index contributed by atoms with van der Waals surface area (Å²) in [7, 11) is 0. The van der Waals surface area contributed by atoms with Crippen molar-refractivity contribution >= 4 is 11.7 Å². The van der Waals surface area contributed by atoms with Crippen LogP contribution in [0.5, 0.6) is 0 Å². The van der Waals surface area contributed by atoms with Crippen LogP contribution in [0.3, 0.4) is 0 Å². The lowest BCUT2D eigenvalue weighted by atomic mass is 10.1. The van der Waals surface area contributed by atoms with E-state index >= 15 is 0 Å². The van der Waals surface area contributed by atoms with Gasteiger partial charge in [-0.2, -0.15) is 0 Å². The fourth-order valence-electron chi connectivity index (χ4n) is 3.11. The Morgan fingerprint density at radius 3 is 2.56 bits per heavy atom. The molecular weight excluding hydrogens is 312 g/mol. The zero-order valence-corrected chi connectivity index (χ0v) is 14.8. The maximum Gasteiger partial charge on any atom is 0.223 e. The maximum absolute atomic E-state index is 12.4. The summed E-state index contributed by atoms with van der Waals surface area (Å²) in [6.07, 6.45) is 2.36. The fraction of sp³-hybridized carbons (Fsp3) is 0.400. The lowest BCUT2D eigenvalue weighted by Crippen LogP contribution is -2.49. The first-order valence-corrected chi connectivity index (χ1v) is 8.93. The summed E-state index contributed by atoms with van der Waals surface area (Å²) in [6.45, 7) is 6.88. The van der Waals surface area contributed by atoms with E-state index < -0.39 is 0 Å². The molecule has 132 valence electrons. The van der Waals surface area contributed by atoms with Crippen LogP contribution in [0.2, 0.25) is 0 Å². The first kappa shape index (κ1) is 17.4. The number of rotatable bonds is 6. The Morgan fingerprint density at radius 1 is 1.08 bits per heavy atom. The van der Waals surface area contributed by atoms with Crippen molar-refractivity contribution in [1.82, 2.24) is 15.2 Å². The van der Waals surface area contributed by atoms with Crippen molar-refractivity contribution in [3.8, 4) is 0 Å². The summed E-state index contributed by atoms with van der Waals surface area (Å²) >= 11 is 0. The zero-order valence-electron chi connectivity index (χ0n) is 14.8. The van der Waals surface area contributed by atoms with Crippen molar-refractivity contribution in [2.24, 2.45) is 0 Å². The first-order valence-electron chi connectivity index (χ1n) is 8.93. The number of nitrogens with zero attached hydrogens (tertiary/aromatic N) is 3. The van der Waals surface area contributed by atoms with Crippen molar-refractivity contribution in [3.05, 3.63) is 59.8 Å². The largest absolute Gasteiger partial charge is 0.353 e. The number of piperazine rings is 1. The molecule has 0 saturated carbocycles. The van der Waals surface area contributed by atoms with Crippen LogP contribution in [0.4, 0.5) is 5.82 Å². The summed E-state index contributed by atoms with van der Waals surface area (Å²) in [5.74, 6) is 1.23. The molecule has 1 N–H and O–H groups in total. The molecule has 1 saturated heterocycles. The average molecular weight is 338 g/mol. The molecule has 1 amide bonds. The third kappa shape index (κ3) is 4.79. The van der Waals surface area contributed by atoms with Gasteiger partial charge in [0.15, 0.2) is 0 Å². The third-order valence-corrected chi connectivity index (χ3v) is 4.70. The Labute approximate surface area is 149 Å². The Hall–Kier alpha value is -2.40. The molecule has 0 spiro atoms. The Balaban J connectivity index is 1.37. The van der Waals surface area contributed by atoms with Crippen LogP contribution in [0, 0.1) is 6.92 Å². The number of carbonyl (C=O) groups excluding carboxylic acids is 1. The van der Waals surface area contributed by atoms with E-state index in [9.17, 15) is 4.79 Å². The lowest BCUT2D eigenvalue weighted by molar-refractivity contribution is -0.131. The summed E-state index contributed by atoms with van der Waals surface area (Å²) in [4.78, 5) is 21.0. The summed E-state index contributed by atoms with van der Waals surface area (Å²) < 4.78 is 0. The highest BCUT2D eigenvalue weighted by Gasteiger charge is 2.21. The second-order valence-electron chi connectivity index (χ2n) is 6.41. The van der Waals surface area contributed by atoms with Crippen LogP contribution < -0.4 is 10.2 Å². The van der Waals surface area contributed by atoms with Crippen molar-refractivity contribution < 1.29 is 4.79 Å². The van der Waals surface area contributed by atoms with Gasteiger partial charge in [0.1, 0.15) is 5.82 Å². The van der Waals surface area contributed by atoms with Gasteiger partial charge in [0.2, 0.25) is 5.91 Å². The standard InChI is InChI=1S/C20H26N4O/c1-17-6-2-3-7-18(17)16-21-11-9-20(25)24-14-12-23(13-15-24)19-8-4-5-10-22-19/h2-8,10,21H,9,11-16H2,1H3. The number of hydrogen-bond donors (Lipinski definition) is 1. The number of aryl methyl sites for hydroxylation is 1. The maximum atomic E-state index is 12.4. The Morgan fingerprint density at radius 2 is 1.84 bits per heavy atom. The second-order valence-corrected chi connectivity index (χ2v) is 6.41. The van der Waals surface area contributed by atoms with Gasteiger partial charge in [0.05, 0.1) is 0 Å². The molecule has 0 unspecified atom stereocenters. The zero-order chi connectivity index (χ0) is 17.5. The molecule has 5 heteroatoms. The van der Waals surface area contributed by atoms with Gasteiger partial charge in [0.25, 0.3) is 0 Å². The third-order valence-electron chi connectivity index (χ3n) is 4.70. The summed E-state index contributed by atoms with van der Waals surface area (Å²) in [5.41, 5.74) is 2.57. The highest BCUT2D eigenvalue weighted by atomic mass is 16.2. The van der Waals surface area contributed by atoms with E-state index in [2.05, 4.69) is 40.3 Å². The summed E-state index contributed by atoms with van der Waals surface area (Å²) in [6, 6.07) is 14.3. The number of pyridine rings is 1. The normalized spacial score (nSPS) is 14.6. The number of aromatic nitrogens is 1. The molecule has 1 aliphatic heterocycles. The van der Waals surface area contributed by atoms with Gasteiger partial charge in [0, 0.05) is 51.9 Å². The monoisotopic (exact) mass is 338 g/mol. The molecule has 1 aromatic carbocycles. The molecule has 25 heavy (non-hydrogen) atoms. The number of carbonyl (C=O) groups is 1. The van der Waals surface area contributed by atoms with Gasteiger partial charge in [-0.15, -0.1) is 0 Å². The highest BCUT2D eigenvalue weighted by Crippen LogP contribution is 2.13.